The Bertz CT molecular complexity index is 915. The zero-order valence-electron chi connectivity index (χ0n) is 14.4. The van der Waals surface area contributed by atoms with E-state index in [2.05, 4.69) is 15.6 Å². The van der Waals surface area contributed by atoms with Crippen molar-refractivity contribution in [2.75, 3.05) is 0 Å². The molecule has 0 aliphatic rings. The van der Waals surface area contributed by atoms with Gasteiger partial charge in [-0.25, -0.2) is 4.98 Å². The van der Waals surface area contributed by atoms with E-state index in [0.29, 0.717) is 11.4 Å². The van der Waals surface area contributed by atoms with E-state index < -0.39 is 6.04 Å². The minimum Gasteiger partial charge on any atom is -0.347 e. The molecule has 130 valence electrons. The average molecular weight is 356 g/mol. The van der Waals surface area contributed by atoms with Gasteiger partial charge in [0, 0.05) is 7.05 Å². The molecule has 2 amide bonds. The predicted molar refractivity (Wildman–Crippen MR) is 98.5 cm³/mol. The minimum absolute atomic E-state index is 0.240. The highest BCUT2D eigenvalue weighted by molar-refractivity contribution is 7.12. The number of hydrogen-bond donors (Lipinski definition) is 2. The lowest BCUT2D eigenvalue weighted by molar-refractivity contribution is -0.122. The smallest absolute Gasteiger partial charge is 0.261 e. The van der Waals surface area contributed by atoms with E-state index in [4.69, 9.17) is 0 Å². The molecule has 0 spiro atoms. The van der Waals surface area contributed by atoms with Gasteiger partial charge < -0.3 is 15.2 Å². The first kappa shape index (κ1) is 17.2. The normalized spacial score (nSPS) is 12.1. The molecule has 2 aromatic heterocycles. The number of hydrogen-bond acceptors (Lipinski definition) is 4. The number of carbonyl (C=O) groups is 2. The van der Waals surface area contributed by atoms with Crippen molar-refractivity contribution >= 4 is 34.2 Å². The SMILES string of the molecule is Cc1cccc2nc(CNC(=O)C(C)NC(=O)c3cccs3)n(C)c12. The largest absolute Gasteiger partial charge is 0.347 e. The summed E-state index contributed by atoms with van der Waals surface area (Å²) in [6.07, 6.45) is 0. The number of imidazole rings is 1. The molecule has 2 heterocycles. The first-order chi connectivity index (χ1) is 12.0. The van der Waals surface area contributed by atoms with Crippen LogP contribution in [0.15, 0.2) is 35.7 Å². The number of aromatic nitrogens is 2. The molecular weight excluding hydrogens is 336 g/mol. The van der Waals surface area contributed by atoms with Gasteiger partial charge in [-0.1, -0.05) is 18.2 Å². The standard InChI is InChI=1S/C18H20N4O2S/c1-11-6-4-7-13-16(11)22(3)15(21-13)10-19-17(23)12(2)20-18(24)14-8-5-9-25-14/h4-9,12H,10H2,1-3H3,(H,19,23)(H,20,24). The minimum atomic E-state index is -0.619. The van der Waals surface area contributed by atoms with E-state index >= 15 is 0 Å². The molecule has 3 aromatic rings. The van der Waals surface area contributed by atoms with Gasteiger partial charge in [0.2, 0.25) is 5.91 Å². The van der Waals surface area contributed by atoms with Gasteiger partial charge in [0.15, 0.2) is 0 Å². The number of amides is 2. The van der Waals surface area contributed by atoms with Crippen molar-refractivity contribution in [2.24, 2.45) is 7.05 Å². The summed E-state index contributed by atoms with van der Waals surface area (Å²) in [6.45, 7) is 4.01. The molecule has 2 N–H and O–H groups in total. The predicted octanol–water partition coefficient (Wildman–Crippen LogP) is 2.38. The number of para-hydroxylation sites is 1. The molecule has 7 heteroatoms. The van der Waals surface area contributed by atoms with Gasteiger partial charge in [0.05, 0.1) is 22.5 Å². The van der Waals surface area contributed by atoms with Crippen LogP contribution in [0, 0.1) is 6.92 Å². The first-order valence-corrected chi connectivity index (χ1v) is 8.88. The van der Waals surface area contributed by atoms with Crippen molar-refractivity contribution in [2.45, 2.75) is 26.4 Å². The van der Waals surface area contributed by atoms with Gasteiger partial charge in [-0.15, -0.1) is 11.3 Å². The maximum absolute atomic E-state index is 12.3. The number of nitrogens with zero attached hydrogens (tertiary/aromatic N) is 2. The number of benzene rings is 1. The number of thiophene rings is 1. The molecule has 0 saturated carbocycles. The third kappa shape index (κ3) is 3.56. The number of fused-ring (bicyclic) bond motifs is 1. The van der Waals surface area contributed by atoms with Crippen molar-refractivity contribution in [1.29, 1.82) is 0 Å². The van der Waals surface area contributed by atoms with Gasteiger partial charge in [-0.2, -0.15) is 0 Å². The summed E-state index contributed by atoms with van der Waals surface area (Å²) in [5, 5.41) is 7.36. The van der Waals surface area contributed by atoms with Crippen LogP contribution in [0.25, 0.3) is 11.0 Å². The summed E-state index contributed by atoms with van der Waals surface area (Å²) in [6, 6.07) is 8.87. The third-order valence-electron chi connectivity index (χ3n) is 4.10. The fourth-order valence-corrected chi connectivity index (χ4v) is 3.36. The van der Waals surface area contributed by atoms with Crippen molar-refractivity contribution < 1.29 is 9.59 Å². The second-order valence-corrected chi connectivity index (χ2v) is 6.87. The third-order valence-corrected chi connectivity index (χ3v) is 4.96. The Balaban J connectivity index is 1.63. The Morgan fingerprint density at radius 3 is 2.76 bits per heavy atom. The highest BCUT2D eigenvalue weighted by atomic mass is 32.1. The van der Waals surface area contributed by atoms with Crippen LogP contribution < -0.4 is 10.6 Å². The number of nitrogens with one attached hydrogen (secondary N) is 2. The Labute approximate surface area is 149 Å². The summed E-state index contributed by atoms with van der Waals surface area (Å²) in [7, 11) is 1.94. The summed E-state index contributed by atoms with van der Waals surface area (Å²) >= 11 is 1.34. The fourth-order valence-electron chi connectivity index (χ4n) is 2.73. The van der Waals surface area contributed by atoms with Crippen LogP contribution in [0.5, 0.6) is 0 Å². The van der Waals surface area contributed by atoms with E-state index in [-0.39, 0.29) is 11.8 Å². The fraction of sp³-hybridized carbons (Fsp3) is 0.278. The second-order valence-electron chi connectivity index (χ2n) is 5.92. The number of aryl methyl sites for hydroxylation is 2. The maximum atomic E-state index is 12.3. The molecule has 0 saturated heterocycles. The van der Waals surface area contributed by atoms with Crippen molar-refractivity contribution in [3.05, 3.63) is 52.0 Å². The van der Waals surface area contributed by atoms with Gasteiger partial charge in [-0.3, -0.25) is 9.59 Å². The van der Waals surface area contributed by atoms with Crippen LogP contribution >= 0.6 is 11.3 Å². The number of carbonyl (C=O) groups excluding carboxylic acids is 2. The highest BCUT2D eigenvalue weighted by Crippen LogP contribution is 2.18. The summed E-state index contributed by atoms with van der Waals surface area (Å²) < 4.78 is 1.99. The molecule has 1 atom stereocenters. The summed E-state index contributed by atoms with van der Waals surface area (Å²) in [5.74, 6) is 0.291. The van der Waals surface area contributed by atoms with Crippen LogP contribution in [-0.4, -0.2) is 27.4 Å². The van der Waals surface area contributed by atoms with E-state index in [1.54, 1.807) is 19.1 Å². The molecule has 1 aromatic carbocycles. The van der Waals surface area contributed by atoms with Crippen molar-refractivity contribution in [1.82, 2.24) is 20.2 Å². The monoisotopic (exact) mass is 356 g/mol. The molecule has 0 aliphatic heterocycles. The zero-order valence-corrected chi connectivity index (χ0v) is 15.2. The first-order valence-electron chi connectivity index (χ1n) is 8.00. The molecule has 6 nitrogen and oxygen atoms in total. The van der Waals surface area contributed by atoms with Gasteiger partial charge in [0.1, 0.15) is 11.9 Å². The molecule has 25 heavy (non-hydrogen) atoms. The van der Waals surface area contributed by atoms with E-state index in [1.807, 2.05) is 42.1 Å². The summed E-state index contributed by atoms with van der Waals surface area (Å²) in [5.41, 5.74) is 3.11. The lowest BCUT2D eigenvalue weighted by Crippen LogP contribution is -2.44. The Hall–Kier alpha value is -2.67. The molecule has 0 fully saturated rings. The van der Waals surface area contributed by atoms with Gasteiger partial charge >= 0.3 is 0 Å². The highest BCUT2D eigenvalue weighted by Gasteiger charge is 2.18. The van der Waals surface area contributed by atoms with Crippen LogP contribution in [0.2, 0.25) is 0 Å². The molecular formula is C18H20N4O2S. The maximum Gasteiger partial charge on any atom is 0.261 e. The molecule has 1 unspecified atom stereocenters. The van der Waals surface area contributed by atoms with Crippen LogP contribution in [0.1, 0.15) is 28.0 Å². The Kier molecular flexibility index (Phi) is 4.85. The van der Waals surface area contributed by atoms with Crippen LogP contribution in [0.4, 0.5) is 0 Å². The van der Waals surface area contributed by atoms with Gasteiger partial charge in [0.25, 0.3) is 5.91 Å². The van der Waals surface area contributed by atoms with Gasteiger partial charge in [-0.05, 0) is 36.9 Å². The molecule has 0 radical (unpaired) electrons. The lowest BCUT2D eigenvalue weighted by atomic mass is 10.2. The van der Waals surface area contributed by atoms with Crippen molar-refractivity contribution in [3.63, 3.8) is 0 Å². The quantitative estimate of drug-likeness (QED) is 0.737. The Morgan fingerprint density at radius 1 is 1.28 bits per heavy atom. The van der Waals surface area contributed by atoms with Crippen LogP contribution in [-0.2, 0) is 18.4 Å². The molecule has 3 rings (SSSR count). The van der Waals surface area contributed by atoms with E-state index in [1.165, 1.54) is 11.3 Å². The van der Waals surface area contributed by atoms with E-state index in [0.717, 1.165) is 22.4 Å². The summed E-state index contributed by atoms with van der Waals surface area (Å²) in [4.78, 5) is 29.4. The van der Waals surface area contributed by atoms with Crippen molar-refractivity contribution in [3.8, 4) is 0 Å². The topological polar surface area (TPSA) is 76.0 Å². The molecule has 0 aliphatic carbocycles. The lowest BCUT2D eigenvalue weighted by Gasteiger charge is -2.13. The van der Waals surface area contributed by atoms with Crippen LogP contribution in [0.3, 0.4) is 0 Å². The zero-order chi connectivity index (χ0) is 18.0. The Morgan fingerprint density at radius 2 is 2.08 bits per heavy atom. The second kappa shape index (κ2) is 7.06. The number of rotatable bonds is 5. The van der Waals surface area contributed by atoms with E-state index in [9.17, 15) is 9.59 Å². The molecule has 0 bridgehead atoms. The average Bonchev–Trinajstić information content (AvgIpc) is 3.22.